The molecule has 0 aromatic carbocycles. The van der Waals surface area contributed by atoms with Gasteiger partial charge in [0.1, 0.15) is 48.8 Å². The summed E-state index contributed by atoms with van der Waals surface area (Å²) in [6.07, 6.45) is -9.07. The molecule has 0 amide bonds. The van der Waals surface area contributed by atoms with Gasteiger partial charge in [-0.3, -0.25) is 24.1 Å². The highest BCUT2D eigenvalue weighted by Crippen LogP contribution is 2.66. The second kappa shape index (κ2) is 14.9. The summed E-state index contributed by atoms with van der Waals surface area (Å²) in [4.78, 5) is 87.1. The molecule has 2 aromatic heterocycles. The average molecular weight is 742 g/mol. The topological polar surface area (TPSA) is 400 Å². The fourth-order valence-corrected chi connectivity index (χ4v) is 7.22. The molecular weight excluding hydrogens is 713 g/mol. The molecule has 2 saturated heterocycles. The highest BCUT2D eigenvalue weighted by Gasteiger charge is 2.47. The molecular formula is C19H29N4O21P3. The number of phosphoric acid groups is 3. The van der Waals surface area contributed by atoms with E-state index in [0.29, 0.717) is 0 Å². The quantitative estimate of drug-likeness (QED) is 0.101. The fraction of sp³-hybridized carbons (Fsp3) is 0.579. The molecule has 25 nitrogen and oxygen atoms in total. The van der Waals surface area contributed by atoms with Crippen LogP contribution in [0.15, 0.2) is 31.6 Å². The number of nitrogens with zero attached hydrogens (tertiary/aromatic N) is 1. The van der Waals surface area contributed by atoms with Crippen molar-refractivity contribution < 1.29 is 81.4 Å². The lowest BCUT2D eigenvalue weighted by Gasteiger charge is -2.19. The van der Waals surface area contributed by atoms with Crippen LogP contribution in [0, 0.1) is 0 Å². The maximum atomic E-state index is 11.9. The van der Waals surface area contributed by atoms with E-state index in [1.165, 1.54) is 7.05 Å². The maximum absolute atomic E-state index is 11.9. The van der Waals surface area contributed by atoms with Crippen molar-refractivity contribution in [3.8, 4) is 0 Å². The van der Waals surface area contributed by atoms with E-state index in [4.69, 9.17) is 29.3 Å². The Kier molecular flexibility index (Phi) is 12.4. The van der Waals surface area contributed by atoms with E-state index < -0.39 is 108 Å². The third-order valence-electron chi connectivity index (χ3n) is 6.32. The lowest BCUT2D eigenvalue weighted by molar-refractivity contribution is -0.0232. The fourth-order valence-electron chi connectivity index (χ4n) is 4.19. The summed E-state index contributed by atoms with van der Waals surface area (Å²) in [6, 6.07) is 0. The summed E-state index contributed by atoms with van der Waals surface area (Å²) in [6.45, 7) is -1.52. The van der Waals surface area contributed by atoms with Crippen molar-refractivity contribution in [1.29, 1.82) is 0 Å². The van der Waals surface area contributed by atoms with Crippen LogP contribution in [-0.4, -0.2) is 114 Å². The van der Waals surface area contributed by atoms with E-state index in [2.05, 4.69) is 18.1 Å². The van der Waals surface area contributed by atoms with Gasteiger partial charge in [0, 0.05) is 19.4 Å². The Hall–Kier alpha value is -2.51. The van der Waals surface area contributed by atoms with Crippen LogP contribution in [0.25, 0.3) is 0 Å². The third-order valence-corrected chi connectivity index (χ3v) is 10.1. The van der Waals surface area contributed by atoms with E-state index in [9.17, 15) is 58.2 Å². The zero-order valence-electron chi connectivity index (χ0n) is 23.4. The first-order valence-electron chi connectivity index (χ1n) is 12.6. The molecule has 2 fully saturated rings. The van der Waals surface area contributed by atoms with Crippen molar-refractivity contribution in [2.75, 3.05) is 13.2 Å². The van der Waals surface area contributed by atoms with Crippen molar-refractivity contribution in [2.45, 2.75) is 48.8 Å². The van der Waals surface area contributed by atoms with Gasteiger partial charge in [-0.05, 0) is 0 Å². The number of rotatable bonds is 10. The van der Waals surface area contributed by atoms with Gasteiger partial charge in [0.05, 0.1) is 24.3 Å². The van der Waals surface area contributed by atoms with E-state index in [0.717, 1.165) is 17.0 Å². The minimum absolute atomic E-state index is 0.00731. The zero-order chi connectivity index (χ0) is 35.6. The molecule has 2 aromatic rings. The second-order valence-corrected chi connectivity index (χ2v) is 14.1. The third kappa shape index (κ3) is 10.0. The Morgan fingerprint density at radius 3 is 1.85 bits per heavy atom. The molecule has 10 atom stereocenters. The molecule has 0 bridgehead atoms. The number of aliphatic hydroxyl groups excluding tert-OH is 5. The normalized spacial score (nSPS) is 30.3. The van der Waals surface area contributed by atoms with E-state index in [1.807, 2.05) is 9.97 Å². The predicted octanol–water partition coefficient (Wildman–Crippen LogP) is -5.20. The number of hydrogen-bond donors (Lipinski definition) is 12. The Morgan fingerprint density at radius 1 is 0.787 bits per heavy atom. The number of hydrogen-bond acceptors (Lipinski definition) is 17. The monoisotopic (exact) mass is 742 g/mol. The van der Waals surface area contributed by atoms with Crippen molar-refractivity contribution >= 4 is 23.5 Å². The first-order valence-corrected chi connectivity index (χ1v) is 17.1. The Labute approximate surface area is 259 Å². The van der Waals surface area contributed by atoms with Gasteiger partial charge < -0.3 is 64.1 Å². The number of phosphoric ester groups is 1. The van der Waals surface area contributed by atoms with Crippen LogP contribution in [0.3, 0.4) is 0 Å². The Morgan fingerprint density at radius 2 is 1.32 bits per heavy atom. The van der Waals surface area contributed by atoms with Crippen LogP contribution in [0.4, 0.5) is 0 Å². The van der Waals surface area contributed by atoms with Crippen LogP contribution < -0.4 is 22.5 Å². The number of nitrogens with one attached hydrogen (secondary N) is 3. The van der Waals surface area contributed by atoms with Gasteiger partial charge in [-0.1, -0.05) is 0 Å². The lowest BCUT2D eigenvalue weighted by atomic mass is 10.0. The molecule has 0 radical (unpaired) electrons. The number of aryl methyl sites for hydroxylation is 1. The standard InChI is InChI=1S/C10H17N2O15P3.C9H12N2O6/c1-12-2-4(9(15)11-10(12)16)8-7(14)6(13)5(25-8)3-24-29(20,21)27-30(22,23)26-28(17,18)19;12-2-4-5(13)6(14)7(17-4)3-1-10-9(16)11-8(3)15/h2,5-8,13-14H,3H2,1H3,(H,20,21)(H,22,23)(H,11,15,16)(H2,17,18,19);1,4-7,12-14H,2H2,(H2,10,11,15,16)/t5-,6-,7-,8+;4-,5-,6-,7+/m11/s1. The van der Waals surface area contributed by atoms with Crippen LogP contribution >= 0.6 is 23.5 Å². The van der Waals surface area contributed by atoms with E-state index >= 15 is 0 Å². The van der Waals surface area contributed by atoms with Gasteiger partial charge >= 0.3 is 34.8 Å². The molecule has 2 unspecified atom stereocenters. The number of H-pyrrole nitrogens is 3. The highest BCUT2D eigenvalue weighted by atomic mass is 31.3. The summed E-state index contributed by atoms with van der Waals surface area (Å²) < 4.78 is 56.2. The summed E-state index contributed by atoms with van der Waals surface area (Å²) in [7, 11) is -15.5. The highest BCUT2D eigenvalue weighted by molar-refractivity contribution is 7.66. The van der Waals surface area contributed by atoms with Crippen molar-refractivity contribution in [1.82, 2.24) is 19.5 Å². The molecule has 0 saturated carbocycles. The van der Waals surface area contributed by atoms with E-state index in [1.54, 1.807) is 0 Å². The Balaban J connectivity index is 0.000000297. The molecule has 2 aliphatic heterocycles. The van der Waals surface area contributed by atoms with Gasteiger partial charge in [0.25, 0.3) is 11.1 Å². The summed E-state index contributed by atoms with van der Waals surface area (Å²) in [5.74, 6) is 0. The van der Waals surface area contributed by atoms with Gasteiger partial charge in [0.15, 0.2) is 0 Å². The molecule has 0 spiro atoms. The molecule has 2 aliphatic rings. The smallest absolute Gasteiger partial charge is 0.394 e. The molecule has 28 heteroatoms. The molecule has 266 valence electrons. The van der Waals surface area contributed by atoms with Crippen LogP contribution in [0.1, 0.15) is 23.3 Å². The minimum Gasteiger partial charge on any atom is -0.394 e. The molecule has 4 rings (SSSR count). The minimum atomic E-state index is -5.73. The number of aromatic amines is 3. The largest absolute Gasteiger partial charge is 0.490 e. The zero-order valence-corrected chi connectivity index (χ0v) is 26.1. The van der Waals surface area contributed by atoms with Crippen LogP contribution in [0.2, 0.25) is 0 Å². The SMILES string of the molecule is Cn1cc([C@@H]2O[C@H](COP(=O)(O)OP(=O)(O)OP(=O)(O)O)[C@@H](O)[C@H]2O)c(=O)[nH]c1=O.O=c1[nH]cc([C@@H]2O[C@H](CO)[C@@H](O)[C@H]2O)c(=O)[nH]1. The number of aliphatic hydroxyl groups is 5. The first kappa shape index (κ1) is 38.9. The van der Waals surface area contributed by atoms with Crippen molar-refractivity contribution in [2.24, 2.45) is 7.05 Å². The summed E-state index contributed by atoms with van der Waals surface area (Å²) >= 11 is 0. The van der Waals surface area contributed by atoms with E-state index in [-0.39, 0.29) is 11.1 Å². The lowest BCUT2D eigenvalue weighted by Crippen LogP contribution is -2.35. The Bertz CT molecular complexity index is 1800. The van der Waals surface area contributed by atoms with Crippen molar-refractivity contribution in [3.05, 3.63) is 65.2 Å². The van der Waals surface area contributed by atoms with Gasteiger partial charge in [-0.15, -0.1) is 0 Å². The molecule has 4 heterocycles. The molecule has 47 heavy (non-hydrogen) atoms. The average Bonchev–Trinajstić information content (AvgIpc) is 3.37. The van der Waals surface area contributed by atoms with Gasteiger partial charge in [-0.2, -0.15) is 8.62 Å². The van der Waals surface area contributed by atoms with Gasteiger partial charge in [-0.25, -0.2) is 23.3 Å². The van der Waals surface area contributed by atoms with Crippen LogP contribution in [0.5, 0.6) is 0 Å². The van der Waals surface area contributed by atoms with Crippen LogP contribution in [-0.2, 0) is 43.4 Å². The molecule has 0 aliphatic carbocycles. The summed E-state index contributed by atoms with van der Waals surface area (Å²) in [5.41, 5.74) is -3.34. The molecule has 12 N–H and O–H groups in total. The predicted molar refractivity (Wildman–Crippen MR) is 146 cm³/mol. The second-order valence-electron chi connectivity index (χ2n) is 9.70. The van der Waals surface area contributed by atoms with Gasteiger partial charge in [0.2, 0.25) is 0 Å². The first-order chi connectivity index (χ1) is 21.6. The number of aromatic nitrogens is 4. The number of ether oxygens (including phenoxy) is 2. The van der Waals surface area contributed by atoms with Crippen molar-refractivity contribution in [3.63, 3.8) is 0 Å². The maximum Gasteiger partial charge on any atom is 0.490 e. The summed E-state index contributed by atoms with van der Waals surface area (Å²) in [5, 5.41) is 48.2.